The molecule has 0 bridgehead atoms. The van der Waals surface area contributed by atoms with Crippen molar-refractivity contribution in [3.05, 3.63) is 15.8 Å². The second-order valence-corrected chi connectivity index (χ2v) is 7.94. The number of thiophene rings is 1. The summed E-state index contributed by atoms with van der Waals surface area (Å²) in [6.45, 7) is 1.76. The molecule has 2 rings (SSSR count). The first-order chi connectivity index (χ1) is 9.31. The van der Waals surface area contributed by atoms with Gasteiger partial charge in [0.2, 0.25) is 10.0 Å². The molecule has 1 fully saturated rings. The van der Waals surface area contributed by atoms with Crippen LogP contribution in [0.1, 0.15) is 33.8 Å². The van der Waals surface area contributed by atoms with Crippen LogP contribution in [-0.2, 0) is 10.0 Å². The summed E-state index contributed by atoms with van der Waals surface area (Å²) in [7, 11) is -3.73. The summed E-state index contributed by atoms with van der Waals surface area (Å²) in [5.74, 6) is -1.20. The molecule has 0 aromatic carbocycles. The molecular weight excluding hydrogens is 302 g/mol. The number of nitrogens with one attached hydrogen (secondary N) is 1. The van der Waals surface area contributed by atoms with Gasteiger partial charge >= 0.3 is 5.97 Å². The highest BCUT2D eigenvalue weighted by atomic mass is 32.2. The highest BCUT2D eigenvalue weighted by molar-refractivity contribution is 7.89. The maximum Gasteiger partial charge on any atom is 0.345 e. The lowest BCUT2D eigenvalue weighted by atomic mass is 10.1. The van der Waals surface area contributed by atoms with Crippen molar-refractivity contribution in [1.29, 1.82) is 0 Å². The molecule has 0 aliphatic heterocycles. The first-order valence-electron chi connectivity index (χ1n) is 6.32. The number of sulfonamides is 1. The Morgan fingerprint density at radius 1 is 1.50 bits per heavy atom. The van der Waals surface area contributed by atoms with Crippen molar-refractivity contribution >= 4 is 27.3 Å². The summed E-state index contributed by atoms with van der Waals surface area (Å²) in [5.41, 5.74) is 0. The fourth-order valence-electron chi connectivity index (χ4n) is 2.39. The van der Waals surface area contributed by atoms with Gasteiger partial charge in [0.25, 0.3) is 0 Å². The molecule has 1 aromatic heterocycles. The Kier molecular flexibility index (Phi) is 4.48. The summed E-state index contributed by atoms with van der Waals surface area (Å²) >= 11 is 0.940. The number of aryl methyl sites for hydroxylation is 1. The van der Waals surface area contributed by atoms with Gasteiger partial charge in [-0.25, -0.2) is 17.9 Å². The van der Waals surface area contributed by atoms with E-state index in [4.69, 9.17) is 5.11 Å². The quantitative estimate of drug-likeness (QED) is 0.756. The lowest BCUT2D eigenvalue weighted by Gasteiger charge is -2.15. The lowest BCUT2D eigenvalue weighted by molar-refractivity contribution is 0.0702. The minimum Gasteiger partial charge on any atom is -0.477 e. The van der Waals surface area contributed by atoms with E-state index in [9.17, 15) is 18.3 Å². The third kappa shape index (κ3) is 3.20. The Hall–Kier alpha value is -0.960. The Bertz CT molecular complexity index is 607. The minimum absolute atomic E-state index is 0.00350. The lowest BCUT2D eigenvalue weighted by Crippen LogP contribution is -2.32. The van der Waals surface area contributed by atoms with Gasteiger partial charge in [0.15, 0.2) is 0 Å². The molecule has 1 aromatic rings. The molecule has 2 unspecified atom stereocenters. The fraction of sp³-hybridized carbons (Fsp3) is 0.583. The van der Waals surface area contributed by atoms with E-state index < -0.39 is 22.1 Å². The van der Waals surface area contributed by atoms with Gasteiger partial charge in [-0.05, 0) is 31.7 Å². The first-order valence-corrected chi connectivity index (χ1v) is 8.62. The predicted octanol–water partition coefficient (Wildman–Crippen LogP) is 1.19. The third-order valence-electron chi connectivity index (χ3n) is 3.53. The van der Waals surface area contributed by atoms with Gasteiger partial charge in [-0.15, -0.1) is 11.3 Å². The predicted molar refractivity (Wildman–Crippen MR) is 74.6 cm³/mol. The van der Waals surface area contributed by atoms with Crippen LogP contribution in [0.4, 0.5) is 0 Å². The van der Waals surface area contributed by atoms with Crippen LogP contribution in [0.15, 0.2) is 11.0 Å². The second-order valence-electron chi connectivity index (χ2n) is 4.95. The standard InChI is InChI=1S/C12H17NO5S2/c1-7-11(5-10(19-7)12(15)16)20(17,18)13-6-8-3-2-4-9(8)14/h5,8-9,13-14H,2-4,6H2,1H3,(H,15,16). The number of carboxylic acids is 1. The summed E-state index contributed by atoms with van der Waals surface area (Å²) < 4.78 is 26.8. The van der Waals surface area contributed by atoms with Crippen molar-refractivity contribution in [3.63, 3.8) is 0 Å². The van der Waals surface area contributed by atoms with Crippen molar-refractivity contribution in [2.75, 3.05) is 6.54 Å². The summed E-state index contributed by atoms with van der Waals surface area (Å²) in [6.07, 6.45) is 1.93. The smallest absolute Gasteiger partial charge is 0.345 e. The number of hydrogen-bond acceptors (Lipinski definition) is 5. The Morgan fingerprint density at radius 3 is 2.70 bits per heavy atom. The molecule has 1 saturated carbocycles. The van der Waals surface area contributed by atoms with Gasteiger partial charge in [0.05, 0.1) is 11.0 Å². The first kappa shape index (κ1) is 15.4. The SMILES string of the molecule is Cc1sc(C(=O)O)cc1S(=O)(=O)NCC1CCCC1O. The Labute approximate surface area is 121 Å². The van der Waals surface area contributed by atoms with Crippen LogP contribution in [-0.4, -0.2) is 37.2 Å². The normalized spacial score (nSPS) is 23.1. The molecule has 0 radical (unpaired) electrons. The van der Waals surface area contributed by atoms with Crippen LogP contribution in [0.3, 0.4) is 0 Å². The molecule has 0 saturated heterocycles. The van der Waals surface area contributed by atoms with Gasteiger partial charge in [-0.2, -0.15) is 0 Å². The van der Waals surface area contributed by atoms with Crippen molar-refractivity contribution in [2.45, 2.75) is 37.2 Å². The highest BCUT2D eigenvalue weighted by Crippen LogP contribution is 2.27. The maximum absolute atomic E-state index is 12.2. The number of aliphatic hydroxyl groups excluding tert-OH is 1. The van der Waals surface area contributed by atoms with E-state index in [1.54, 1.807) is 6.92 Å². The summed E-state index contributed by atoms with van der Waals surface area (Å²) in [6, 6.07) is 1.18. The van der Waals surface area contributed by atoms with Gasteiger partial charge in [0.1, 0.15) is 4.88 Å². The largest absolute Gasteiger partial charge is 0.477 e. The van der Waals surface area contributed by atoms with Crippen LogP contribution < -0.4 is 4.72 Å². The van der Waals surface area contributed by atoms with Gasteiger partial charge in [-0.3, -0.25) is 0 Å². The van der Waals surface area contributed by atoms with Crippen molar-refractivity contribution < 1.29 is 23.4 Å². The van der Waals surface area contributed by atoms with E-state index in [1.807, 2.05) is 0 Å². The zero-order valence-corrected chi connectivity index (χ0v) is 12.6. The monoisotopic (exact) mass is 319 g/mol. The van der Waals surface area contributed by atoms with Gasteiger partial charge in [-0.1, -0.05) is 6.42 Å². The van der Waals surface area contributed by atoms with Crippen LogP contribution >= 0.6 is 11.3 Å². The van der Waals surface area contributed by atoms with Crippen LogP contribution in [0.5, 0.6) is 0 Å². The minimum atomic E-state index is -3.73. The molecule has 1 aliphatic rings. The van der Waals surface area contributed by atoms with Gasteiger partial charge < -0.3 is 10.2 Å². The van der Waals surface area contributed by atoms with Crippen LogP contribution in [0.2, 0.25) is 0 Å². The molecule has 3 N–H and O–H groups in total. The summed E-state index contributed by atoms with van der Waals surface area (Å²) in [4.78, 5) is 11.3. The molecule has 1 heterocycles. The summed E-state index contributed by atoms with van der Waals surface area (Å²) in [5, 5.41) is 18.6. The van der Waals surface area contributed by atoms with E-state index in [1.165, 1.54) is 6.07 Å². The van der Waals surface area contributed by atoms with E-state index in [-0.39, 0.29) is 22.2 Å². The van der Waals surface area contributed by atoms with E-state index in [0.29, 0.717) is 11.3 Å². The number of carbonyl (C=O) groups is 1. The molecule has 8 heteroatoms. The average Bonchev–Trinajstić information content (AvgIpc) is 2.93. The number of hydrogen-bond donors (Lipinski definition) is 3. The maximum atomic E-state index is 12.2. The Morgan fingerprint density at radius 2 is 2.20 bits per heavy atom. The molecule has 6 nitrogen and oxygen atoms in total. The zero-order valence-electron chi connectivity index (χ0n) is 11.0. The van der Waals surface area contributed by atoms with E-state index in [0.717, 1.165) is 24.2 Å². The number of carboxylic acid groups (broad SMARTS) is 1. The third-order valence-corrected chi connectivity index (χ3v) is 6.24. The molecule has 20 heavy (non-hydrogen) atoms. The van der Waals surface area contributed by atoms with Crippen molar-refractivity contribution in [3.8, 4) is 0 Å². The topological polar surface area (TPSA) is 104 Å². The molecule has 112 valence electrons. The zero-order chi connectivity index (χ0) is 14.9. The molecule has 1 aliphatic carbocycles. The molecule has 0 spiro atoms. The highest BCUT2D eigenvalue weighted by Gasteiger charge is 2.28. The van der Waals surface area contributed by atoms with Crippen LogP contribution in [0, 0.1) is 12.8 Å². The number of aromatic carboxylic acids is 1. The van der Waals surface area contributed by atoms with E-state index >= 15 is 0 Å². The number of rotatable bonds is 5. The number of aliphatic hydroxyl groups is 1. The van der Waals surface area contributed by atoms with Crippen molar-refractivity contribution in [2.24, 2.45) is 5.92 Å². The molecule has 2 atom stereocenters. The second kappa shape index (κ2) is 5.80. The molecular formula is C12H17NO5S2. The Balaban J connectivity index is 2.12. The van der Waals surface area contributed by atoms with Crippen LogP contribution in [0.25, 0.3) is 0 Å². The fourth-order valence-corrected chi connectivity index (χ4v) is 4.91. The average molecular weight is 319 g/mol. The van der Waals surface area contributed by atoms with Crippen molar-refractivity contribution in [1.82, 2.24) is 4.72 Å². The van der Waals surface area contributed by atoms with E-state index in [2.05, 4.69) is 4.72 Å². The molecule has 0 amide bonds. The van der Waals surface area contributed by atoms with Gasteiger partial charge in [0, 0.05) is 11.4 Å².